The molecule has 0 aliphatic carbocycles. The first kappa shape index (κ1) is 32.0. The zero-order chi connectivity index (χ0) is 20.3. The predicted octanol–water partition coefficient (Wildman–Crippen LogP) is 1.66. The largest absolute Gasteiger partial charge is 0.397 e. The summed E-state index contributed by atoms with van der Waals surface area (Å²) in [6.07, 6.45) is 2.12. The molecule has 160 valence electrons. The van der Waals surface area contributed by atoms with Crippen LogP contribution < -0.4 is 11.9 Å². The molecular formula is C14H22ClN5O6S2Zn. The van der Waals surface area contributed by atoms with E-state index in [0.29, 0.717) is 11.4 Å². The van der Waals surface area contributed by atoms with Crippen molar-refractivity contribution in [2.45, 2.75) is 23.9 Å². The van der Waals surface area contributed by atoms with Crippen molar-refractivity contribution in [3.8, 4) is 0 Å². The Labute approximate surface area is 188 Å². The zero-order valence-electron chi connectivity index (χ0n) is 16.3. The Bertz CT molecular complexity index is 1060. The molecule has 0 aromatic carbocycles. The van der Waals surface area contributed by atoms with E-state index in [9.17, 15) is 26.9 Å². The van der Waals surface area contributed by atoms with Gasteiger partial charge < -0.3 is 11.9 Å². The summed E-state index contributed by atoms with van der Waals surface area (Å²) in [5, 5.41) is 10.3. The van der Waals surface area contributed by atoms with Crippen molar-refractivity contribution >= 4 is 43.5 Å². The van der Waals surface area contributed by atoms with Gasteiger partial charge in [-0.1, -0.05) is 0 Å². The zero-order valence-corrected chi connectivity index (χ0v) is 21.7. The van der Waals surface area contributed by atoms with Crippen LogP contribution in [0.4, 0.5) is 11.4 Å². The van der Waals surface area contributed by atoms with E-state index in [1.54, 1.807) is 13.0 Å². The molecule has 0 amide bonds. The molecule has 0 bridgehead atoms. The number of nitrogens with zero attached hydrogens (tertiary/aromatic N) is 3. The Kier molecular flexibility index (Phi) is 13.3. The molecule has 2 heterocycles. The number of pyridine rings is 2. The number of nitrogen functional groups attached to an aromatic ring is 1. The second-order valence-corrected chi connectivity index (χ2v) is 9.30. The molecule has 0 saturated heterocycles. The fraction of sp³-hybridized carbons (Fsp3) is 0.286. The van der Waals surface area contributed by atoms with Gasteiger partial charge in [-0.25, -0.2) is 26.8 Å². The van der Waals surface area contributed by atoms with Gasteiger partial charge in [0, 0.05) is 38.1 Å². The van der Waals surface area contributed by atoms with Crippen molar-refractivity contribution in [1.29, 1.82) is 0 Å². The van der Waals surface area contributed by atoms with E-state index in [0.717, 1.165) is 24.6 Å². The Morgan fingerprint density at radius 3 is 1.59 bits per heavy atom. The Balaban J connectivity index is -0.000000426. The second kappa shape index (κ2) is 12.1. The van der Waals surface area contributed by atoms with Crippen LogP contribution in [0.5, 0.6) is 0 Å². The van der Waals surface area contributed by atoms with E-state index in [4.69, 9.17) is 5.73 Å². The van der Waals surface area contributed by atoms with Crippen molar-refractivity contribution in [2.24, 2.45) is 0 Å². The van der Waals surface area contributed by atoms with Crippen LogP contribution in [-0.2, 0) is 39.2 Å². The average molecular weight is 521 g/mol. The van der Waals surface area contributed by atoms with Gasteiger partial charge in [0.05, 0.1) is 16.3 Å². The van der Waals surface area contributed by atoms with Crippen molar-refractivity contribution in [3.05, 3.63) is 45.8 Å². The predicted molar refractivity (Wildman–Crippen MR) is 108 cm³/mol. The van der Waals surface area contributed by atoms with Crippen LogP contribution in [0.2, 0.25) is 0 Å². The van der Waals surface area contributed by atoms with Crippen LogP contribution >= 0.6 is 12.4 Å². The first-order chi connectivity index (χ1) is 11.7. The first-order valence-corrected chi connectivity index (χ1v) is 10.8. The number of hydrogen-bond acceptors (Lipinski definition) is 10. The third kappa shape index (κ3) is 9.54. The van der Waals surface area contributed by atoms with Gasteiger partial charge in [-0.05, 0) is 32.0 Å². The topological polar surface area (TPSA) is 198 Å². The van der Waals surface area contributed by atoms with Crippen LogP contribution in [0.3, 0.4) is 0 Å². The van der Waals surface area contributed by atoms with Crippen LogP contribution in [0.1, 0.15) is 11.4 Å². The summed E-state index contributed by atoms with van der Waals surface area (Å²) in [6.45, 7) is 3.07. The summed E-state index contributed by atoms with van der Waals surface area (Å²) in [6, 6.07) is 5.20. The first-order valence-electron chi connectivity index (χ1n) is 6.98. The van der Waals surface area contributed by atoms with E-state index >= 15 is 0 Å². The van der Waals surface area contributed by atoms with Crippen LogP contribution in [0.15, 0.2) is 34.3 Å². The molecule has 0 aliphatic rings. The van der Waals surface area contributed by atoms with Crippen molar-refractivity contribution in [1.82, 2.24) is 16.1 Å². The fourth-order valence-corrected chi connectivity index (χ4v) is 2.92. The van der Waals surface area contributed by atoms with Crippen molar-refractivity contribution in [2.75, 3.05) is 18.2 Å². The van der Waals surface area contributed by atoms with Gasteiger partial charge in [0.25, 0.3) is 5.69 Å². The molecule has 15 heteroatoms. The molecule has 29 heavy (non-hydrogen) atoms. The molecule has 2 aromatic heterocycles. The maximum Gasteiger partial charge on any atom is 0.290 e. The molecule has 2 rings (SSSR count). The van der Waals surface area contributed by atoms with Gasteiger partial charge in [0.2, 0.25) is 0 Å². The number of rotatable bonds is 3. The summed E-state index contributed by atoms with van der Waals surface area (Å²) in [5.41, 5.74) is 6.43. The summed E-state index contributed by atoms with van der Waals surface area (Å²) in [4.78, 5) is 17.3. The number of sulfone groups is 2. The molecule has 0 saturated carbocycles. The molecule has 0 atom stereocenters. The summed E-state index contributed by atoms with van der Waals surface area (Å²) in [5.74, 6) is 0. The Hall–Kier alpha value is -1.73. The monoisotopic (exact) mass is 519 g/mol. The van der Waals surface area contributed by atoms with Crippen molar-refractivity contribution in [3.63, 3.8) is 0 Å². The van der Waals surface area contributed by atoms with E-state index in [2.05, 4.69) is 9.97 Å². The normalized spacial score (nSPS) is 10.2. The quantitative estimate of drug-likeness (QED) is 0.340. The molecular weight excluding hydrogens is 499 g/mol. The molecule has 11 nitrogen and oxygen atoms in total. The fourth-order valence-electron chi connectivity index (χ4n) is 1.69. The van der Waals surface area contributed by atoms with Gasteiger partial charge >= 0.3 is 0 Å². The van der Waals surface area contributed by atoms with Gasteiger partial charge in [0.15, 0.2) is 29.7 Å². The Morgan fingerprint density at radius 2 is 1.28 bits per heavy atom. The Morgan fingerprint density at radius 1 is 0.897 bits per heavy atom. The number of hydrogen-bond donors (Lipinski definition) is 2. The number of nitro groups is 1. The van der Waals surface area contributed by atoms with E-state index in [1.807, 2.05) is 0 Å². The van der Waals surface area contributed by atoms with Gasteiger partial charge in [-0.2, -0.15) is 0 Å². The number of aromatic nitrogens is 2. The van der Waals surface area contributed by atoms with E-state index < -0.39 is 24.6 Å². The van der Waals surface area contributed by atoms with Crippen LogP contribution in [0, 0.1) is 24.0 Å². The standard InChI is InChI=1S/C7H8N2O4S.C7H10N2O2S.ClH.H3N.Zn/c1-5-6(9(10)11)3-4-7(8-5)14(2,12)13;1-5-6(8)3-4-7(9-5)12(2,10)11;;;/h3-4H,1-2H3;3-4H,8H2,1-2H3;1H;1H3;. The van der Waals surface area contributed by atoms with Crippen molar-refractivity contribution < 1.29 is 41.2 Å². The average Bonchev–Trinajstić information content (AvgIpc) is 2.48. The van der Waals surface area contributed by atoms with Gasteiger partial charge in [0.1, 0.15) is 5.69 Å². The number of aryl methyl sites for hydroxylation is 2. The third-order valence-corrected chi connectivity index (χ3v) is 5.06. The molecule has 0 spiro atoms. The number of anilines is 1. The molecule has 2 aromatic rings. The summed E-state index contributed by atoms with van der Waals surface area (Å²) in [7, 11) is -6.61. The molecule has 0 radical (unpaired) electrons. The van der Waals surface area contributed by atoms with Crippen LogP contribution in [0.25, 0.3) is 0 Å². The smallest absolute Gasteiger partial charge is 0.290 e. The molecule has 0 unspecified atom stereocenters. The minimum Gasteiger partial charge on any atom is -0.397 e. The van der Waals surface area contributed by atoms with Gasteiger partial charge in [-0.15, -0.1) is 12.4 Å². The maximum absolute atomic E-state index is 11.0. The van der Waals surface area contributed by atoms with E-state index in [1.165, 1.54) is 13.0 Å². The molecule has 5 N–H and O–H groups in total. The summed E-state index contributed by atoms with van der Waals surface area (Å²) < 4.78 is 44.1. The summed E-state index contributed by atoms with van der Waals surface area (Å²) >= 11 is 0. The maximum atomic E-state index is 11.0. The van der Waals surface area contributed by atoms with Gasteiger partial charge in [-0.3, -0.25) is 10.1 Å². The SMILES string of the molecule is Cc1nc(S(C)(=O)=O)ccc1N.Cc1nc(S(C)(=O)=O)ccc1[N+](=O)[O-].Cl.N.[Zn]. The number of halogens is 1. The second-order valence-electron chi connectivity index (χ2n) is 5.38. The van der Waals surface area contributed by atoms with Crippen LogP contribution in [-0.4, -0.2) is 44.2 Å². The number of nitrogens with two attached hydrogens (primary N) is 1. The molecule has 0 fully saturated rings. The van der Waals surface area contributed by atoms with E-state index in [-0.39, 0.29) is 59.5 Å². The molecule has 0 aliphatic heterocycles. The minimum absolute atomic E-state index is 0. The minimum atomic E-state index is -3.40. The third-order valence-electron chi connectivity index (χ3n) is 3.09.